The number of likely N-dealkylation sites (tertiary alicyclic amines) is 1. The molecule has 0 amide bonds. The Morgan fingerprint density at radius 1 is 1.09 bits per heavy atom. The lowest BCUT2D eigenvalue weighted by Crippen LogP contribution is -2.21. The van der Waals surface area contributed by atoms with Crippen molar-refractivity contribution in [3.8, 4) is 11.5 Å². The van der Waals surface area contributed by atoms with Gasteiger partial charge in [0.25, 0.3) is 0 Å². The van der Waals surface area contributed by atoms with Gasteiger partial charge in [0.15, 0.2) is 11.5 Å². The molecule has 0 bridgehead atoms. The first-order valence-corrected chi connectivity index (χ1v) is 8.38. The molecule has 23 heavy (non-hydrogen) atoms. The minimum Gasteiger partial charge on any atom is -0.485 e. The van der Waals surface area contributed by atoms with E-state index in [1.807, 2.05) is 42.5 Å². The molecule has 0 spiro atoms. The number of rotatable bonds is 5. The molecule has 1 atom stereocenters. The molecule has 1 aliphatic rings. The van der Waals surface area contributed by atoms with Crippen molar-refractivity contribution in [1.29, 1.82) is 0 Å². The van der Waals surface area contributed by atoms with Crippen molar-refractivity contribution < 1.29 is 9.47 Å². The first-order valence-electron chi connectivity index (χ1n) is 7.62. The monoisotopic (exact) mass is 351 g/mol. The largest absolute Gasteiger partial charge is 0.485 e. The van der Waals surface area contributed by atoms with E-state index in [2.05, 4.69) is 11.9 Å². The molecule has 1 saturated heterocycles. The number of nitrogens with zero attached hydrogens (tertiary/aromatic N) is 1. The summed E-state index contributed by atoms with van der Waals surface area (Å²) in [5, 5.41) is 1.34. The van der Waals surface area contributed by atoms with Crippen LogP contribution in [0.2, 0.25) is 10.0 Å². The van der Waals surface area contributed by atoms with E-state index in [1.165, 1.54) is 0 Å². The van der Waals surface area contributed by atoms with Crippen LogP contribution in [0, 0.1) is 0 Å². The van der Waals surface area contributed by atoms with Gasteiger partial charge in [-0.2, -0.15) is 0 Å². The highest BCUT2D eigenvalue weighted by molar-refractivity contribution is 6.31. The fraction of sp³-hybridized carbons (Fsp3) is 0.333. The van der Waals surface area contributed by atoms with Gasteiger partial charge >= 0.3 is 0 Å². The fourth-order valence-electron chi connectivity index (χ4n) is 2.65. The molecule has 0 aliphatic carbocycles. The van der Waals surface area contributed by atoms with Crippen LogP contribution in [0.1, 0.15) is 12.0 Å². The predicted molar refractivity (Wildman–Crippen MR) is 93.8 cm³/mol. The highest BCUT2D eigenvalue weighted by Crippen LogP contribution is 2.33. The molecule has 3 nitrogen and oxygen atoms in total. The molecule has 0 aromatic heterocycles. The quantitative estimate of drug-likeness (QED) is 0.782. The van der Waals surface area contributed by atoms with Crippen molar-refractivity contribution in [1.82, 2.24) is 4.90 Å². The summed E-state index contributed by atoms with van der Waals surface area (Å²) in [4.78, 5) is 2.25. The van der Waals surface area contributed by atoms with Gasteiger partial charge in [0.05, 0.1) is 0 Å². The first-order chi connectivity index (χ1) is 11.1. The van der Waals surface area contributed by atoms with Crippen molar-refractivity contribution in [3.05, 3.63) is 58.1 Å². The topological polar surface area (TPSA) is 21.7 Å². The minimum absolute atomic E-state index is 0.173. The van der Waals surface area contributed by atoms with Gasteiger partial charge in [-0.05, 0) is 43.3 Å². The maximum absolute atomic E-state index is 6.11. The lowest BCUT2D eigenvalue weighted by Gasteiger charge is -2.17. The van der Waals surface area contributed by atoms with Crippen molar-refractivity contribution in [2.24, 2.45) is 0 Å². The summed E-state index contributed by atoms with van der Waals surface area (Å²) in [6.07, 6.45) is 1.18. The molecule has 1 unspecified atom stereocenters. The Labute approximate surface area is 146 Å². The molecule has 0 radical (unpaired) electrons. The van der Waals surface area contributed by atoms with Crippen LogP contribution in [0.3, 0.4) is 0 Å². The zero-order chi connectivity index (χ0) is 16.2. The summed E-state index contributed by atoms with van der Waals surface area (Å²) >= 11 is 12.1. The Hall–Kier alpha value is -1.42. The van der Waals surface area contributed by atoms with Gasteiger partial charge < -0.3 is 14.4 Å². The standard InChI is InChI=1S/C18H19Cl2NO2/c1-21-8-7-16(11-21)23-18-10-15(20)5-6-17(18)22-12-13-3-2-4-14(19)9-13/h2-6,9-10,16H,7-8,11-12H2,1H3. The fourth-order valence-corrected chi connectivity index (χ4v) is 3.03. The molecule has 2 aromatic carbocycles. The van der Waals surface area contributed by atoms with E-state index in [9.17, 15) is 0 Å². The Morgan fingerprint density at radius 2 is 1.91 bits per heavy atom. The van der Waals surface area contributed by atoms with Crippen molar-refractivity contribution in [2.75, 3.05) is 20.1 Å². The van der Waals surface area contributed by atoms with E-state index in [1.54, 1.807) is 0 Å². The normalized spacial score (nSPS) is 18.1. The van der Waals surface area contributed by atoms with Gasteiger partial charge in [-0.25, -0.2) is 0 Å². The second kappa shape index (κ2) is 7.43. The zero-order valence-corrected chi connectivity index (χ0v) is 14.5. The van der Waals surface area contributed by atoms with Gasteiger partial charge in [0.1, 0.15) is 12.7 Å². The van der Waals surface area contributed by atoms with Crippen LogP contribution in [-0.4, -0.2) is 31.1 Å². The number of benzene rings is 2. The van der Waals surface area contributed by atoms with E-state index >= 15 is 0 Å². The number of halogens is 2. The van der Waals surface area contributed by atoms with Crippen LogP contribution in [-0.2, 0) is 6.61 Å². The predicted octanol–water partition coefficient (Wildman–Crippen LogP) is 4.66. The van der Waals surface area contributed by atoms with Gasteiger partial charge in [-0.1, -0.05) is 35.3 Å². The Kier molecular flexibility index (Phi) is 5.31. The Morgan fingerprint density at radius 3 is 2.65 bits per heavy atom. The third kappa shape index (κ3) is 4.54. The summed E-state index contributed by atoms with van der Waals surface area (Å²) in [5.41, 5.74) is 1.01. The van der Waals surface area contributed by atoms with Crippen LogP contribution in [0.5, 0.6) is 11.5 Å². The van der Waals surface area contributed by atoms with E-state index in [4.69, 9.17) is 32.7 Å². The maximum atomic E-state index is 6.11. The highest BCUT2D eigenvalue weighted by Gasteiger charge is 2.22. The molecule has 122 valence electrons. The molecule has 1 fully saturated rings. The lowest BCUT2D eigenvalue weighted by atomic mass is 10.2. The van der Waals surface area contributed by atoms with Gasteiger partial charge in [-0.15, -0.1) is 0 Å². The van der Waals surface area contributed by atoms with Crippen LogP contribution >= 0.6 is 23.2 Å². The van der Waals surface area contributed by atoms with Gasteiger partial charge in [0, 0.05) is 29.2 Å². The molecule has 0 N–H and O–H groups in total. The molecule has 2 aromatic rings. The van der Waals surface area contributed by atoms with Gasteiger partial charge in [0.2, 0.25) is 0 Å². The summed E-state index contributed by atoms with van der Waals surface area (Å²) in [7, 11) is 2.10. The molecule has 5 heteroatoms. The second-order valence-electron chi connectivity index (χ2n) is 5.80. The zero-order valence-electron chi connectivity index (χ0n) is 13.0. The first kappa shape index (κ1) is 16.4. The third-order valence-electron chi connectivity index (χ3n) is 3.83. The molecular weight excluding hydrogens is 333 g/mol. The third-order valence-corrected chi connectivity index (χ3v) is 4.30. The highest BCUT2D eigenvalue weighted by atomic mass is 35.5. The average Bonchev–Trinajstić information content (AvgIpc) is 2.92. The van der Waals surface area contributed by atoms with Crippen molar-refractivity contribution in [2.45, 2.75) is 19.1 Å². The smallest absolute Gasteiger partial charge is 0.163 e. The molecular formula is C18H19Cl2NO2. The van der Waals surface area contributed by atoms with Crippen LogP contribution in [0.25, 0.3) is 0 Å². The lowest BCUT2D eigenvalue weighted by molar-refractivity contribution is 0.192. The SMILES string of the molecule is CN1CCC(Oc2cc(Cl)ccc2OCc2cccc(Cl)c2)C1. The molecule has 0 saturated carbocycles. The van der Waals surface area contributed by atoms with E-state index in [-0.39, 0.29) is 6.10 Å². The molecule has 1 heterocycles. The molecule has 3 rings (SSSR count). The van der Waals surface area contributed by atoms with Crippen LogP contribution in [0.15, 0.2) is 42.5 Å². The van der Waals surface area contributed by atoms with E-state index in [0.717, 1.165) is 25.1 Å². The van der Waals surface area contributed by atoms with Crippen molar-refractivity contribution >= 4 is 23.2 Å². The van der Waals surface area contributed by atoms with E-state index < -0.39 is 0 Å². The van der Waals surface area contributed by atoms with Gasteiger partial charge in [-0.3, -0.25) is 0 Å². The number of hydrogen-bond acceptors (Lipinski definition) is 3. The summed E-state index contributed by atoms with van der Waals surface area (Å²) in [6.45, 7) is 2.40. The summed E-state index contributed by atoms with van der Waals surface area (Å²) < 4.78 is 12.0. The van der Waals surface area contributed by atoms with Crippen LogP contribution in [0.4, 0.5) is 0 Å². The minimum atomic E-state index is 0.173. The average molecular weight is 352 g/mol. The number of hydrogen-bond donors (Lipinski definition) is 0. The second-order valence-corrected chi connectivity index (χ2v) is 6.67. The summed E-state index contributed by atoms with van der Waals surface area (Å²) in [5.74, 6) is 1.39. The Balaban J connectivity index is 1.71. The van der Waals surface area contributed by atoms with Crippen LogP contribution < -0.4 is 9.47 Å². The van der Waals surface area contributed by atoms with Crippen molar-refractivity contribution in [3.63, 3.8) is 0 Å². The van der Waals surface area contributed by atoms with E-state index in [0.29, 0.717) is 28.2 Å². The maximum Gasteiger partial charge on any atom is 0.163 e. The number of ether oxygens (including phenoxy) is 2. The molecule has 1 aliphatic heterocycles. The summed E-state index contributed by atoms with van der Waals surface area (Å²) in [6, 6.07) is 13.1. The Bertz CT molecular complexity index is 678. The number of likely N-dealkylation sites (N-methyl/N-ethyl adjacent to an activating group) is 1.